The van der Waals surface area contributed by atoms with Gasteiger partial charge in [0.1, 0.15) is 0 Å². The number of rotatable bonds is 2. The molecule has 3 nitrogen and oxygen atoms in total. The smallest absolute Gasteiger partial charge is 0.398 e. The zero-order valence-corrected chi connectivity index (χ0v) is 9.51. The molecule has 0 aliphatic heterocycles. The van der Waals surface area contributed by atoms with Gasteiger partial charge in [0, 0.05) is 24.8 Å². The van der Waals surface area contributed by atoms with Crippen molar-refractivity contribution in [3.8, 4) is 0 Å². The van der Waals surface area contributed by atoms with Crippen molar-refractivity contribution < 1.29 is 18.0 Å². The van der Waals surface area contributed by atoms with Gasteiger partial charge in [-0.05, 0) is 25.1 Å². The van der Waals surface area contributed by atoms with Crippen molar-refractivity contribution in [2.45, 2.75) is 20.0 Å². The van der Waals surface area contributed by atoms with Crippen molar-refractivity contribution in [3.63, 3.8) is 0 Å². The molecule has 2 N–H and O–H groups in total. The molecule has 6 heteroatoms. The highest BCUT2D eigenvalue weighted by Gasteiger charge is 2.33. The molecule has 0 radical (unpaired) electrons. The Bertz CT molecular complexity index is 429. The monoisotopic (exact) mass is 246 g/mol. The van der Waals surface area contributed by atoms with E-state index in [1.54, 1.807) is 6.92 Å². The highest BCUT2D eigenvalue weighted by molar-refractivity contribution is 5.91. The zero-order valence-electron chi connectivity index (χ0n) is 9.51. The fraction of sp³-hybridized carbons (Fsp3) is 0.364. The van der Waals surface area contributed by atoms with Crippen LogP contribution in [0.4, 0.5) is 24.5 Å². The Balaban J connectivity index is 3.25. The maximum absolute atomic E-state index is 12.6. The molecule has 0 aliphatic rings. The number of benzene rings is 1. The van der Waals surface area contributed by atoms with Gasteiger partial charge in [-0.15, -0.1) is 0 Å². The summed E-state index contributed by atoms with van der Waals surface area (Å²) in [6.45, 7) is 3.29. The lowest BCUT2D eigenvalue weighted by molar-refractivity contribution is -0.137. The van der Waals surface area contributed by atoms with Crippen molar-refractivity contribution in [3.05, 3.63) is 23.8 Å². The van der Waals surface area contributed by atoms with E-state index in [1.807, 2.05) is 0 Å². The predicted octanol–water partition coefficient (Wildman–Crippen LogP) is 2.66. The lowest BCUT2D eigenvalue weighted by atomic mass is 10.1. The minimum atomic E-state index is -4.52. The number of alkyl halides is 3. The molecule has 0 atom stereocenters. The van der Waals surface area contributed by atoms with Crippen LogP contribution in [-0.2, 0) is 11.0 Å². The van der Waals surface area contributed by atoms with Gasteiger partial charge in [-0.25, -0.2) is 0 Å². The number of carbonyl (C=O) groups excluding carboxylic acids is 1. The second kappa shape index (κ2) is 4.65. The Morgan fingerprint density at radius 2 is 2.00 bits per heavy atom. The maximum Gasteiger partial charge on any atom is 0.418 e. The normalized spacial score (nSPS) is 11.4. The first-order valence-corrected chi connectivity index (χ1v) is 5.02. The standard InChI is InChI=1S/C11H13F3N2O/c1-3-16(7(2)17)8-4-5-10(15)9(6-8)11(12,13)14/h4-6H,3,15H2,1-2H3. The average Bonchev–Trinajstić information content (AvgIpc) is 2.19. The molecule has 1 amide bonds. The lowest BCUT2D eigenvalue weighted by Crippen LogP contribution is -2.28. The third-order valence-electron chi connectivity index (χ3n) is 2.35. The molecule has 0 saturated heterocycles. The summed E-state index contributed by atoms with van der Waals surface area (Å²) < 4.78 is 37.8. The number of nitrogens with zero attached hydrogens (tertiary/aromatic N) is 1. The second-order valence-electron chi connectivity index (χ2n) is 3.53. The third-order valence-corrected chi connectivity index (χ3v) is 2.35. The van der Waals surface area contributed by atoms with Crippen LogP contribution < -0.4 is 10.6 Å². The van der Waals surface area contributed by atoms with Crippen LogP contribution in [-0.4, -0.2) is 12.5 Å². The summed E-state index contributed by atoms with van der Waals surface area (Å²) in [4.78, 5) is 12.5. The number of halogens is 3. The number of carbonyl (C=O) groups is 1. The van der Waals surface area contributed by atoms with E-state index in [1.165, 1.54) is 17.9 Å². The molecule has 0 unspecified atom stereocenters. The quantitative estimate of drug-likeness (QED) is 0.815. The zero-order chi connectivity index (χ0) is 13.2. The van der Waals surface area contributed by atoms with Crippen molar-refractivity contribution in [2.75, 3.05) is 17.2 Å². The van der Waals surface area contributed by atoms with Crippen LogP contribution >= 0.6 is 0 Å². The third kappa shape index (κ3) is 2.89. The first kappa shape index (κ1) is 13.3. The number of nitrogen functional groups attached to an aromatic ring is 1. The first-order valence-electron chi connectivity index (χ1n) is 5.02. The van der Waals surface area contributed by atoms with Gasteiger partial charge in [-0.2, -0.15) is 13.2 Å². The van der Waals surface area contributed by atoms with Crippen molar-refractivity contribution in [1.82, 2.24) is 0 Å². The van der Waals surface area contributed by atoms with Crippen LogP contribution in [0.5, 0.6) is 0 Å². The number of amides is 1. The summed E-state index contributed by atoms with van der Waals surface area (Å²) >= 11 is 0. The molecule has 1 rings (SSSR count). The van der Waals surface area contributed by atoms with Crippen LogP contribution in [0.25, 0.3) is 0 Å². The Morgan fingerprint density at radius 1 is 1.41 bits per heavy atom. The van der Waals surface area contributed by atoms with Crippen molar-refractivity contribution >= 4 is 17.3 Å². The van der Waals surface area contributed by atoms with Gasteiger partial charge < -0.3 is 10.6 Å². The topological polar surface area (TPSA) is 46.3 Å². The van der Waals surface area contributed by atoms with Crippen LogP contribution in [0.15, 0.2) is 18.2 Å². The van der Waals surface area contributed by atoms with Crippen LogP contribution in [0.3, 0.4) is 0 Å². The van der Waals surface area contributed by atoms with Crippen LogP contribution in [0.1, 0.15) is 19.4 Å². The molecule has 17 heavy (non-hydrogen) atoms. The molecule has 0 aliphatic carbocycles. The van der Waals surface area contributed by atoms with Gasteiger partial charge in [0.15, 0.2) is 0 Å². The second-order valence-corrected chi connectivity index (χ2v) is 3.53. The summed E-state index contributed by atoms with van der Waals surface area (Å²) in [6.07, 6.45) is -4.52. The minimum Gasteiger partial charge on any atom is -0.398 e. The van der Waals surface area contributed by atoms with Crippen molar-refractivity contribution in [2.24, 2.45) is 0 Å². The SMILES string of the molecule is CCN(C(C)=O)c1ccc(N)c(C(F)(F)F)c1. The van der Waals surface area contributed by atoms with Gasteiger partial charge in [-0.1, -0.05) is 0 Å². The molecule has 0 saturated carbocycles. The molecule has 0 heterocycles. The number of hydrogen-bond donors (Lipinski definition) is 1. The van der Waals surface area contributed by atoms with E-state index in [4.69, 9.17) is 5.73 Å². The number of hydrogen-bond acceptors (Lipinski definition) is 2. The fourth-order valence-corrected chi connectivity index (χ4v) is 1.54. The van der Waals surface area contributed by atoms with Gasteiger partial charge in [-0.3, -0.25) is 4.79 Å². The average molecular weight is 246 g/mol. The number of anilines is 2. The van der Waals surface area contributed by atoms with Crippen LogP contribution in [0.2, 0.25) is 0 Å². The maximum atomic E-state index is 12.6. The van der Waals surface area contributed by atoms with Crippen LogP contribution in [0, 0.1) is 0 Å². The predicted molar refractivity (Wildman–Crippen MR) is 59.6 cm³/mol. The lowest BCUT2D eigenvalue weighted by Gasteiger charge is -2.21. The van der Waals surface area contributed by atoms with E-state index in [0.29, 0.717) is 6.54 Å². The van der Waals surface area contributed by atoms with E-state index in [0.717, 1.165) is 12.1 Å². The Kier molecular flexibility index (Phi) is 3.65. The fourth-order valence-electron chi connectivity index (χ4n) is 1.54. The Labute approximate surface area is 97.0 Å². The molecular weight excluding hydrogens is 233 g/mol. The van der Waals surface area contributed by atoms with E-state index in [9.17, 15) is 18.0 Å². The summed E-state index contributed by atoms with van der Waals surface area (Å²) in [5.41, 5.74) is 4.20. The van der Waals surface area contributed by atoms with Gasteiger partial charge in [0.2, 0.25) is 5.91 Å². The molecule has 94 valence electrons. The molecule has 0 fully saturated rings. The van der Waals surface area contributed by atoms with E-state index < -0.39 is 11.7 Å². The summed E-state index contributed by atoms with van der Waals surface area (Å²) in [7, 11) is 0. The van der Waals surface area contributed by atoms with Gasteiger partial charge >= 0.3 is 6.18 Å². The van der Waals surface area contributed by atoms with Gasteiger partial charge in [0.25, 0.3) is 0 Å². The summed E-state index contributed by atoms with van der Waals surface area (Å²) in [5.74, 6) is -0.314. The Hall–Kier alpha value is -1.72. The molecule has 1 aromatic carbocycles. The molecule has 0 spiro atoms. The first-order chi connectivity index (χ1) is 7.77. The van der Waals surface area contributed by atoms with Crippen molar-refractivity contribution in [1.29, 1.82) is 0 Å². The van der Waals surface area contributed by atoms with E-state index in [2.05, 4.69) is 0 Å². The largest absolute Gasteiger partial charge is 0.418 e. The molecule has 0 aromatic heterocycles. The number of nitrogens with two attached hydrogens (primary N) is 1. The Morgan fingerprint density at radius 3 is 2.41 bits per heavy atom. The minimum absolute atomic E-state index is 0.196. The molecular formula is C11H13F3N2O. The van der Waals surface area contributed by atoms with Gasteiger partial charge in [0.05, 0.1) is 5.56 Å². The summed E-state index contributed by atoms with van der Waals surface area (Å²) in [6, 6.07) is 3.44. The summed E-state index contributed by atoms with van der Waals surface area (Å²) in [5, 5.41) is 0. The highest BCUT2D eigenvalue weighted by Crippen LogP contribution is 2.35. The van der Waals surface area contributed by atoms with E-state index >= 15 is 0 Å². The molecule has 1 aromatic rings. The highest BCUT2D eigenvalue weighted by atomic mass is 19.4. The molecule has 0 bridgehead atoms. The van der Waals surface area contributed by atoms with E-state index in [-0.39, 0.29) is 17.3 Å².